The van der Waals surface area contributed by atoms with Gasteiger partial charge >= 0.3 is 0 Å². The van der Waals surface area contributed by atoms with E-state index in [2.05, 4.69) is 23.8 Å². The molecule has 2 heterocycles. The van der Waals surface area contributed by atoms with Gasteiger partial charge in [0.15, 0.2) is 0 Å². The first-order valence-electron chi connectivity index (χ1n) is 5.13. The second kappa shape index (κ2) is 3.85. The molecule has 0 amide bonds. The number of aromatic amines is 1. The Kier molecular flexibility index (Phi) is 2.54. The highest BCUT2D eigenvalue weighted by molar-refractivity contribution is 5.77. The lowest BCUT2D eigenvalue weighted by Crippen LogP contribution is -2.14. The van der Waals surface area contributed by atoms with Crippen molar-refractivity contribution in [3.63, 3.8) is 0 Å². The number of fused-ring (bicyclic) bond motifs is 1. The molecular weight excluding hydrogens is 188 g/mol. The minimum atomic E-state index is 0.00389. The largest absolute Gasteiger partial charge is 0.320 e. The molecule has 0 unspecified atom stereocenters. The van der Waals surface area contributed by atoms with Crippen molar-refractivity contribution in [2.24, 2.45) is 5.92 Å². The SMILES string of the molecule is CC(C)Cc1cc2ccncc2[nH]c1=O. The fourth-order valence-corrected chi connectivity index (χ4v) is 1.68. The van der Waals surface area contributed by atoms with Crippen molar-refractivity contribution in [3.05, 3.63) is 40.4 Å². The predicted molar refractivity (Wildman–Crippen MR) is 60.9 cm³/mol. The molecule has 0 fully saturated rings. The molecular formula is C12H14N2O. The van der Waals surface area contributed by atoms with E-state index in [-0.39, 0.29) is 5.56 Å². The first-order chi connectivity index (χ1) is 7.16. The molecule has 3 heteroatoms. The zero-order valence-corrected chi connectivity index (χ0v) is 8.95. The van der Waals surface area contributed by atoms with Crippen molar-refractivity contribution >= 4 is 10.9 Å². The van der Waals surface area contributed by atoms with Crippen LogP contribution in [0.25, 0.3) is 10.9 Å². The summed E-state index contributed by atoms with van der Waals surface area (Å²) in [7, 11) is 0. The monoisotopic (exact) mass is 202 g/mol. The van der Waals surface area contributed by atoms with E-state index in [1.54, 1.807) is 12.4 Å². The second-order valence-corrected chi connectivity index (χ2v) is 4.18. The maximum Gasteiger partial charge on any atom is 0.251 e. The number of rotatable bonds is 2. The highest BCUT2D eigenvalue weighted by atomic mass is 16.1. The third-order valence-electron chi connectivity index (χ3n) is 2.35. The summed E-state index contributed by atoms with van der Waals surface area (Å²) < 4.78 is 0. The van der Waals surface area contributed by atoms with Crippen LogP contribution in [-0.2, 0) is 6.42 Å². The molecule has 2 aromatic rings. The van der Waals surface area contributed by atoms with Crippen LogP contribution in [0, 0.1) is 5.92 Å². The average Bonchev–Trinajstić information content (AvgIpc) is 2.18. The van der Waals surface area contributed by atoms with Gasteiger partial charge in [-0.05, 0) is 24.5 Å². The Morgan fingerprint density at radius 3 is 3.00 bits per heavy atom. The van der Waals surface area contributed by atoms with Gasteiger partial charge in [0.1, 0.15) is 0 Å². The molecule has 2 aromatic heterocycles. The first kappa shape index (κ1) is 9.90. The fraction of sp³-hybridized carbons (Fsp3) is 0.333. The summed E-state index contributed by atoms with van der Waals surface area (Å²) in [5, 5.41) is 1.04. The van der Waals surface area contributed by atoms with E-state index in [1.165, 1.54) is 0 Å². The summed E-state index contributed by atoms with van der Waals surface area (Å²) in [6.07, 6.45) is 4.23. The molecule has 0 spiro atoms. The van der Waals surface area contributed by atoms with Crippen LogP contribution in [-0.4, -0.2) is 9.97 Å². The van der Waals surface area contributed by atoms with Gasteiger partial charge < -0.3 is 4.98 Å². The number of hydrogen-bond donors (Lipinski definition) is 1. The van der Waals surface area contributed by atoms with Crippen LogP contribution in [0.4, 0.5) is 0 Å². The minimum absolute atomic E-state index is 0.00389. The Balaban J connectivity index is 2.57. The number of nitrogens with zero attached hydrogens (tertiary/aromatic N) is 1. The molecule has 0 aromatic carbocycles. The summed E-state index contributed by atoms with van der Waals surface area (Å²) in [6, 6.07) is 3.87. The van der Waals surface area contributed by atoms with Crippen LogP contribution in [0.15, 0.2) is 29.3 Å². The minimum Gasteiger partial charge on any atom is -0.320 e. The van der Waals surface area contributed by atoms with Gasteiger partial charge in [0, 0.05) is 17.1 Å². The number of aromatic nitrogens is 2. The average molecular weight is 202 g/mol. The van der Waals surface area contributed by atoms with Crippen molar-refractivity contribution in [2.45, 2.75) is 20.3 Å². The van der Waals surface area contributed by atoms with Crippen LogP contribution in [0.1, 0.15) is 19.4 Å². The van der Waals surface area contributed by atoms with Gasteiger partial charge in [0.05, 0.1) is 11.7 Å². The van der Waals surface area contributed by atoms with Gasteiger partial charge in [-0.3, -0.25) is 9.78 Å². The molecule has 0 atom stereocenters. The Bertz CT molecular complexity index is 528. The van der Waals surface area contributed by atoms with Gasteiger partial charge in [-0.1, -0.05) is 13.8 Å². The van der Waals surface area contributed by atoms with Crippen LogP contribution >= 0.6 is 0 Å². The molecule has 15 heavy (non-hydrogen) atoms. The van der Waals surface area contributed by atoms with Crippen molar-refractivity contribution < 1.29 is 0 Å². The van der Waals surface area contributed by atoms with E-state index in [0.717, 1.165) is 22.9 Å². The van der Waals surface area contributed by atoms with E-state index in [4.69, 9.17) is 0 Å². The van der Waals surface area contributed by atoms with E-state index in [0.29, 0.717) is 5.92 Å². The molecule has 78 valence electrons. The molecule has 0 saturated carbocycles. The number of pyridine rings is 2. The van der Waals surface area contributed by atoms with Gasteiger partial charge in [0.25, 0.3) is 5.56 Å². The van der Waals surface area contributed by atoms with E-state index in [9.17, 15) is 4.79 Å². The van der Waals surface area contributed by atoms with Gasteiger partial charge in [-0.15, -0.1) is 0 Å². The van der Waals surface area contributed by atoms with E-state index < -0.39 is 0 Å². The van der Waals surface area contributed by atoms with E-state index >= 15 is 0 Å². The smallest absolute Gasteiger partial charge is 0.251 e. The van der Waals surface area contributed by atoms with Crippen molar-refractivity contribution in [1.82, 2.24) is 9.97 Å². The third kappa shape index (κ3) is 2.06. The standard InChI is InChI=1S/C12H14N2O/c1-8(2)5-10-6-9-3-4-13-7-11(9)14-12(10)15/h3-4,6-8H,5H2,1-2H3,(H,14,15). The van der Waals surface area contributed by atoms with Crippen molar-refractivity contribution in [2.75, 3.05) is 0 Å². The molecule has 3 nitrogen and oxygen atoms in total. The second-order valence-electron chi connectivity index (χ2n) is 4.18. The predicted octanol–water partition coefficient (Wildman–Crippen LogP) is 2.12. The van der Waals surface area contributed by atoms with E-state index in [1.807, 2.05) is 12.1 Å². The molecule has 0 aliphatic heterocycles. The lowest BCUT2D eigenvalue weighted by atomic mass is 10.0. The van der Waals surface area contributed by atoms with Crippen LogP contribution in [0.5, 0.6) is 0 Å². The number of nitrogens with one attached hydrogen (secondary N) is 1. The van der Waals surface area contributed by atoms with Gasteiger partial charge in [0.2, 0.25) is 0 Å². The van der Waals surface area contributed by atoms with Crippen molar-refractivity contribution in [1.29, 1.82) is 0 Å². The lowest BCUT2D eigenvalue weighted by molar-refractivity contribution is 0.643. The molecule has 0 radical (unpaired) electrons. The zero-order chi connectivity index (χ0) is 10.8. The van der Waals surface area contributed by atoms with Crippen molar-refractivity contribution in [3.8, 4) is 0 Å². The third-order valence-corrected chi connectivity index (χ3v) is 2.35. The Morgan fingerprint density at radius 2 is 2.27 bits per heavy atom. The maximum atomic E-state index is 11.7. The summed E-state index contributed by atoms with van der Waals surface area (Å²) in [5.74, 6) is 0.491. The quantitative estimate of drug-likeness (QED) is 0.810. The number of hydrogen-bond acceptors (Lipinski definition) is 2. The highest BCUT2D eigenvalue weighted by Gasteiger charge is 2.04. The molecule has 0 saturated heterocycles. The summed E-state index contributed by atoms with van der Waals surface area (Å²) in [4.78, 5) is 18.5. The Hall–Kier alpha value is -1.64. The number of H-pyrrole nitrogens is 1. The molecule has 1 N–H and O–H groups in total. The normalized spacial score (nSPS) is 11.1. The fourth-order valence-electron chi connectivity index (χ4n) is 1.68. The molecule has 0 aliphatic rings. The lowest BCUT2D eigenvalue weighted by Gasteiger charge is -2.05. The summed E-state index contributed by atoms with van der Waals surface area (Å²) in [6.45, 7) is 4.21. The highest BCUT2D eigenvalue weighted by Crippen LogP contribution is 2.11. The molecule has 2 rings (SSSR count). The first-order valence-corrected chi connectivity index (χ1v) is 5.13. The summed E-state index contributed by atoms with van der Waals surface area (Å²) >= 11 is 0. The Morgan fingerprint density at radius 1 is 1.47 bits per heavy atom. The maximum absolute atomic E-state index is 11.7. The van der Waals surface area contributed by atoms with Crippen LogP contribution in [0.3, 0.4) is 0 Å². The van der Waals surface area contributed by atoms with Crippen LogP contribution < -0.4 is 5.56 Å². The summed E-state index contributed by atoms with van der Waals surface area (Å²) in [5.41, 5.74) is 1.66. The Labute approximate surface area is 88.2 Å². The molecule has 0 aliphatic carbocycles. The topological polar surface area (TPSA) is 45.8 Å². The zero-order valence-electron chi connectivity index (χ0n) is 8.95. The van der Waals surface area contributed by atoms with Gasteiger partial charge in [-0.25, -0.2) is 0 Å². The molecule has 0 bridgehead atoms. The van der Waals surface area contributed by atoms with Crippen LogP contribution in [0.2, 0.25) is 0 Å². The van der Waals surface area contributed by atoms with Gasteiger partial charge in [-0.2, -0.15) is 0 Å².